The van der Waals surface area contributed by atoms with E-state index in [2.05, 4.69) is 44.8 Å². The fourth-order valence-corrected chi connectivity index (χ4v) is 5.89. The van der Waals surface area contributed by atoms with Gasteiger partial charge in [0.05, 0.1) is 7.11 Å². The lowest BCUT2D eigenvalue weighted by atomic mass is 9.89. The molecule has 1 fully saturated rings. The first-order valence-electron chi connectivity index (χ1n) is 14.3. The van der Waals surface area contributed by atoms with Gasteiger partial charge in [-0.25, -0.2) is 4.98 Å². The molecule has 1 aliphatic rings. The maximum atomic E-state index is 13.1. The van der Waals surface area contributed by atoms with E-state index in [1.165, 1.54) is 12.5 Å². The van der Waals surface area contributed by atoms with Gasteiger partial charge in [0.2, 0.25) is 11.8 Å². The summed E-state index contributed by atoms with van der Waals surface area (Å²) in [5.74, 6) is 1.04. The summed E-state index contributed by atoms with van der Waals surface area (Å²) in [6, 6.07) is 23.9. The smallest absolute Gasteiger partial charge is 0.287 e. The largest absolute Gasteiger partial charge is 0.481 e. The summed E-state index contributed by atoms with van der Waals surface area (Å²) in [5.41, 5.74) is 4.81. The van der Waals surface area contributed by atoms with Crippen molar-refractivity contribution in [2.75, 3.05) is 38.6 Å². The van der Waals surface area contributed by atoms with Crippen LogP contribution < -0.4 is 15.4 Å². The number of pyridine rings is 1. The van der Waals surface area contributed by atoms with Crippen molar-refractivity contribution >= 4 is 39.2 Å². The van der Waals surface area contributed by atoms with E-state index in [1.54, 1.807) is 13.3 Å². The molecule has 42 heavy (non-hydrogen) atoms. The molecule has 8 nitrogen and oxygen atoms in total. The summed E-state index contributed by atoms with van der Waals surface area (Å²) in [5, 5.41) is 8.77. The SMILES string of the molecule is COc1cc(-c2cc3cc(C(=O)NCCN4CCC(c5cccc(NC(C)=O)c5)CC4)oc3c3ccccc23)ccn1. The summed E-state index contributed by atoms with van der Waals surface area (Å²) in [6.07, 6.45) is 3.81. The van der Waals surface area contributed by atoms with E-state index < -0.39 is 0 Å². The van der Waals surface area contributed by atoms with Crippen LogP contribution in [-0.4, -0.2) is 55.0 Å². The fourth-order valence-electron chi connectivity index (χ4n) is 5.89. The van der Waals surface area contributed by atoms with Crippen molar-refractivity contribution in [3.63, 3.8) is 0 Å². The second-order valence-electron chi connectivity index (χ2n) is 10.8. The molecule has 0 atom stereocenters. The highest BCUT2D eigenvalue weighted by Crippen LogP contribution is 2.37. The average Bonchev–Trinajstić information content (AvgIpc) is 3.46. The lowest BCUT2D eigenvalue weighted by molar-refractivity contribution is -0.114. The van der Waals surface area contributed by atoms with Crippen molar-refractivity contribution in [1.29, 1.82) is 0 Å². The highest BCUT2D eigenvalue weighted by atomic mass is 16.5. The number of aromatic nitrogens is 1. The number of hydrogen-bond donors (Lipinski definition) is 2. The van der Waals surface area contributed by atoms with Crippen LogP contribution in [0.5, 0.6) is 5.88 Å². The minimum absolute atomic E-state index is 0.0595. The van der Waals surface area contributed by atoms with Crippen molar-refractivity contribution in [2.45, 2.75) is 25.7 Å². The van der Waals surface area contributed by atoms with Crippen LogP contribution in [0.15, 0.2) is 83.4 Å². The third-order valence-electron chi connectivity index (χ3n) is 7.98. The molecular formula is C34H34N4O4. The Morgan fingerprint density at radius 2 is 1.81 bits per heavy atom. The first-order chi connectivity index (χ1) is 20.5. The monoisotopic (exact) mass is 562 g/mol. The molecule has 0 radical (unpaired) electrons. The molecule has 8 heteroatoms. The molecule has 6 rings (SSSR count). The third-order valence-corrected chi connectivity index (χ3v) is 7.98. The molecule has 2 N–H and O–H groups in total. The van der Waals surface area contributed by atoms with E-state index in [4.69, 9.17) is 9.15 Å². The number of carbonyl (C=O) groups is 2. The van der Waals surface area contributed by atoms with Gasteiger partial charge in [0.1, 0.15) is 5.58 Å². The number of furan rings is 1. The van der Waals surface area contributed by atoms with Crippen LogP contribution in [0.2, 0.25) is 0 Å². The second kappa shape index (κ2) is 12.0. The standard InChI is InChI=1S/C34H34N4O4/c1-22(39)37-27-7-5-6-24(18-27)23-11-15-38(16-12-23)17-14-36-34(40)31-20-26-19-30(25-10-13-35-32(21-25)41-2)28-8-3-4-9-29(28)33(26)42-31/h3-10,13,18-21,23H,11-12,14-17H2,1-2H3,(H,36,40)(H,37,39). The maximum Gasteiger partial charge on any atom is 0.287 e. The predicted molar refractivity (Wildman–Crippen MR) is 165 cm³/mol. The van der Waals surface area contributed by atoms with E-state index in [0.717, 1.165) is 65.4 Å². The van der Waals surface area contributed by atoms with Crippen molar-refractivity contribution in [2.24, 2.45) is 0 Å². The van der Waals surface area contributed by atoms with Gasteiger partial charge in [-0.2, -0.15) is 0 Å². The van der Waals surface area contributed by atoms with E-state index >= 15 is 0 Å². The van der Waals surface area contributed by atoms with Gasteiger partial charge < -0.3 is 24.7 Å². The Morgan fingerprint density at radius 3 is 2.60 bits per heavy atom. The Balaban J connectivity index is 1.10. The number of likely N-dealkylation sites (tertiary alicyclic amines) is 1. The lowest BCUT2D eigenvalue weighted by Crippen LogP contribution is -2.39. The number of ether oxygens (including phenoxy) is 1. The first kappa shape index (κ1) is 27.5. The quantitative estimate of drug-likeness (QED) is 0.233. The topological polar surface area (TPSA) is 96.7 Å². The molecule has 2 amide bonds. The molecule has 2 aromatic heterocycles. The number of fused-ring (bicyclic) bond motifs is 3. The van der Waals surface area contributed by atoms with Crippen LogP contribution in [-0.2, 0) is 4.79 Å². The number of carbonyl (C=O) groups excluding carboxylic acids is 2. The number of rotatable bonds is 8. The van der Waals surface area contributed by atoms with E-state index in [0.29, 0.717) is 29.7 Å². The summed E-state index contributed by atoms with van der Waals surface area (Å²) in [4.78, 5) is 31.1. The second-order valence-corrected chi connectivity index (χ2v) is 10.8. The highest BCUT2D eigenvalue weighted by Gasteiger charge is 2.22. The number of hydrogen-bond acceptors (Lipinski definition) is 6. The number of benzene rings is 3. The van der Waals surface area contributed by atoms with Gasteiger partial charge in [-0.05, 0) is 84.3 Å². The van der Waals surface area contributed by atoms with Gasteiger partial charge in [0.25, 0.3) is 5.91 Å². The zero-order valence-corrected chi connectivity index (χ0v) is 23.9. The Kier molecular flexibility index (Phi) is 7.88. The van der Waals surface area contributed by atoms with Crippen molar-refractivity contribution in [3.05, 3.63) is 90.3 Å². The van der Waals surface area contributed by atoms with Crippen molar-refractivity contribution in [1.82, 2.24) is 15.2 Å². The number of anilines is 1. The van der Waals surface area contributed by atoms with E-state index in [-0.39, 0.29) is 11.8 Å². The number of nitrogens with zero attached hydrogens (tertiary/aromatic N) is 2. The molecule has 214 valence electrons. The molecule has 0 unspecified atom stereocenters. The highest BCUT2D eigenvalue weighted by molar-refractivity contribution is 6.13. The molecule has 3 heterocycles. The Hall–Kier alpha value is -4.69. The lowest BCUT2D eigenvalue weighted by Gasteiger charge is -2.32. The zero-order valence-electron chi connectivity index (χ0n) is 23.9. The van der Waals surface area contributed by atoms with Crippen LogP contribution in [0.3, 0.4) is 0 Å². The van der Waals surface area contributed by atoms with Crippen LogP contribution in [0, 0.1) is 0 Å². The Labute approximate surface area is 244 Å². The fraction of sp³-hybridized carbons (Fsp3) is 0.265. The first-order valence-corrected chi connectivity index (χ1v) is 14.3. The van der Waals surface area contributed by atoms with Crippen LogP contribution in [0.1, 0.15) is 41.8 Å². The van der Waals surface area contributed by atoms with Gasteiger partial charge in [-0.15, -0.1) is 0 Å². The third kappa shape index (κ3) is 5.85. The number of piperidine rings is 1. The molecule has 3 aromatic carbocycles. The zero-order chi connectivity index (χ0) is 29.1. The van der Waals surface area contributed by atoms with Crippen LogP contribution in [0.4, 0.5) is 5.69 Å². The molecule has 0 saturated carbocycles. The Bertz CT molecular complexity index is 1750. The average molecular weight is 563 g/mol. The maximum absolute atomic E-state index is 13.1. The molecule has 1 saturated heterocycles. The van der Waals surface area contributed by atoms with E-state index in [1.807, 2.05) is 48.5 Å². The molecule has 5 aromatic rings. The number of amides is 2. The minimum Gasteiger partial charge on any atom is -0.481 e. The number of methoxy groups -OCH3 is 1. The van der Waals surface area contributed by atoms with Crippen molar-refractivity contribution in [3.8, 4) is 17.0 Å². The van der Waals surface area contributed by atoms with E-state index in [9.17, 15) is 9.59 Å². The van der Waals surface area contributed by atoms with Gasteiger partial charge in [-0.1, -0.05) is 36.4 Å². The van der Waals surface area contributed by atoms with Crippen LogP contribution >= 0.6 is 0 Å². The van der Waals surface area contributed by atoms with Gasteiger partial charge in [-0.3, -0.25) is 9.59 Å². The molecule has 0 bridgehead atoms. The summed E-state index contributed by atoms with van der Waals surface area (Å²) in [7, 11) is 1.60. The predicted octanol–water partition coefficient (Wildman–Crippen LogP) is 6.22. The number of nitrogens with one attached hydrogen (secondary N) is 2. The summed E-state index contributed by atoms with van der Waals surface area (Å²) >= 11 is 0. The molecular weight excluding hydrogens is 528 g/mol. The van der Waals surface area contributed by atoms with Crippen LogP contribution in [0.25, 0.3) is 32.9 Å². The van der Waals surface area contributed by atoms with Gasteiger partial charge in [0.15, 0.2) is 5.76 Å². The summed E-state index contributed by atoms with van der Waals surface area (Å²) in [6.45, 7) is 4.77. The molecule has 1 aliphatic heterocycles. The summed E-state index contributed by atoms with van der Waals surface area (Å²) < 4.78 is 11.5. The van der Waals surface area contributed by atoms with Crippen molar-refractivity contribution < 1.29 is 18.7 Å². The Morgan fingerprint density at radius 1 is 1.00 bits per heavy atom. The molecule has 0 spiro atoms. The molecule has 0 aliphatic carbocycles. The van der Waals surface area contributed by atoms with Gasteiger partial charge in [0, 0.05) is 48.7 Å². The minimum atomic E-state index is -0.216. The van der Waals surface area contributed by atoms with Gasteiger partial charge >= 0.3 is 0 Å². The normalized spacial score (nSPS) is 14.2.